The van der Waals surface area contributed by atoms with Gasteiger partial charge in [-0.3, -0.25) is 4.79 Å². The predicted octanol–water partition coefficient (Wildman–Crippen LogP) is -0.182. The number of rotatable bonds is 5. The van der Waals surface area contributed by atoms with Crippen molar-refractivity contribution in [3.63, 3.8) is 0 Å². The van der Waals surface area contributed by atoms with E-state index in [2.05, 4.69) is 5.32 Å². The van der Waals surface area contributed by atoms with Crippen LogP contribution >= 0.6 is 0 Å². The summed E-state index contributed by atoms with van der Waals surface area (Å²) >= 11 is 0. The number of ether oxygens (including phenoxy) is 1. The van der Waals surface area contributed by atoms with E-state index in [1.165, 1.54) is 38.4 Å². The minimum absolute atomic E-state index is 0.101. The Hall–Kier alpha value is -1.48. The van der Waals surface area contributed by atoms with Gasteiger partial charge in [-0.05, 0) is 24.3 Å². The molecule has 1 aliphatic heterocycles. The van der Waals surface area contributed by atoms with Gasteiger partial charge < -0.3 is 15.2 Å². The second kappa shape index (κ2) is 6.33. The fourth-order valence-electron chi connectivity index (χ4n) is 2.07. The molecule has 8 heteroatoms. The van der Waals surface area contributed by atoms with Gasteiger partial charge in [0.05, 0.1) is 11.5 Å². The van der Waals surface area contributed by atoms with Gasteiger partial charge in [0.2, 0.25) is 10.0 Å². The third kappa shape index (κ3) is 3.64. The van der Waals surface area contributed by atoms with E-state index < -0.39 is 15.6 Å². The van der Waals surface area contributed by atoms with Crippen LogP contribution in [0.15, 0.2) is 29.2 Å². The van der Waals surface area contributed by atoms with Crippen molar-refractivity contribution in [2.45, 2.75) is 16.9 Å². The number of amides is 1. The van der Waals surface area contributed by atoms with E-state index in [4.69, 9.17) is 4.74 Å². The van der Waals surface area contributed by atoms with Crippen molar-refractivity contribution < 1.29 is 23.1 Å². The Labute approximate surface area is 129 Å². The second-order valence-electron chi connectivity index (χ2n) is 5.52. The zero-order valence-electron chi connectivity index (χ0n) is 12.6. The minimum atomic E-state index is -3.51. The summed E-state index contributed by atoms with van der Waals surface area (Å²) in [4.78, 5) is 12.1. The van der Waals surface area contributed by atoms with E-state index in [0.717, 1.165) is 4.31 Å². The van der Waals surface area contributed by atoms with Crippen molar-refractivity contribution >= 4 is 15.9 Å². The van der Waals surface area contributed by atoms with Gasteiger partial charge in [-0.2, -0.15) is 0 Å². The number of sulfonamides is 1. The molecule has 0 spiro atoms. The summed E-state index contributed by atoms with van der Waals surface area (Å²) < 4.78 is 30.1. The normalized spacial score (nSPS) is 22.0. The van der Waals surface area contributed by atoms with Gasteiger partial charge in [0.25, 0.3) is 5.91 Å². The first-order valence-corrected chi connectivity index (χ1v) is 8.30. The topological polar surface area (TPSA) is 95.9 Å². The van der Waals surface area contributed by atoms with Crippen LogP contribution in [-0.2, 0) is 14.8 Å². The largest absolute Gasteiger partial charge is 0.386 e. The lowest BCUT2D eigenvalue weighted by Crippen LogP contribution is -2.43. The SMILES string of the molecule is CN(C)S(=O)(=O)c1ccc(C(=O)NC[C@]2(O)CCOC2)cc1. The number of carbonyl (C=O) groups is 1. The molecule has 1 aromatic rings. The Kier molecular flexibility index (Phi) is 4.86. The highest BCUT2D eigenvalue weighted by Gasteiger charge is 2.32. The van der Waals surface area contributed by atoms with Crippen molar-refractivity contribution in [1.82, 2.24) is 9.62 Å². The Balaban J connectivity index is 2.02. The Morgan fingerprint density at radius 1 is 1.36 bits per heavy atom. The molecule has 0 aromatic heterocycles. The van der Waals surface area contributed by atoms with Crippen LogP contribution in [0.1, 0.15) is 16.8 Å². The second-order valence-corrected chi connectivity index (χ2v) is 7.67. The van der Waals surface area contributed by atoms with Crippen LogP contribution in [-0.4, -0.2) is 63.2 Å². The minimum Gasteiger partial charge on any atom is -0.386 e. The number of benzene rings is 1. The molecule has 1 aliphatic rings. The molecular formula is C14H20N2O5S. The molecule has 1 aromatic carbocycles. The molecule has 1 atom stereocenters. The Morgan fingerprint density at radius 2 is 2.00 bits per heavy atom. The highest BCUT2D eigenvalue weighted by molar-refractivity contribution is 7.89. The van der Waals surface area contributed by atoms with Gasteiger partial charge in [0.15, 0.2) is 0 Å². The summed E-state index contributed by atoms with van der Waals surface area (Å²) in [6, 6.07) is 5.66. The highest BCUT2D eigenvalue weighted by atomic mass is 32.2. The van der Waals surface area contributed by atoms with Gasteiger partial charge in [0.1, 0.15) is 5.60 Å². The lowest BCUT2D eigenvalue weighted by Gasteiger charge is -2.20. The maximum atomic E-state index is 12.0. The highest BCUT2D eigenvalue weighted by Crippen LogP contribution is 2.17. The van der Waals surface area contributed by atoms with Gasteiger partial charge in [-0.25, -0.2) is 12.7 Å². The van der Waals surface area contributed by atoms with E-state index in [1.807, 2.05) is 0 Å². The fourth-order valence-corrected chi connectivity index (χ4v) is 2.97. The number of aliphatic hydroxyl groups is 1. The molecule has 1 heterocycles. The molecule has 1 amide bonds. The molecule has 22 heavy (non-hydrogen) atoms. The number of hydrogen-bond acceptors (Lipinski definition) is 5. The molecule has 2 N–H and O–H groups in total. The number of carbonyl (C=O) groups excluding carboxylic acids is 1. The third-order valence-corrected chi connectivity index (χ3v) is 5.38. The van der Waals surface area contributed by atoms with Gasteiger partial charge in [-0.15, -0.1) is 0 Å². The maximum Gasteiger partial charge on any atom is 0.251 e. The molecule has 0 unspecified atom stereocenters. The zero-order valence-corrected chi connectivity index (χ0v) is 13.4. The van der Waals surface area contributed by atoms with Gasteiger partial charge in [0, 0.05) is 39.2 Å². The van der Waals surface area contributed by atoms with Crippen LogP contribution in [0.5, 0.6) is 0 Å². The lowest BCUT2D eigenvalue weighted by atomic mass is 10.0. The fraction of sp³-hybridized carbons (Fsp3) is 0.500. The van der Waals surface area contributed by atoms with Crippen LogP contribution in [0.3, 0.4) is 0 Å². The predicted molar refractivity (Wildman–Crippen MR) is 80.0 cm³/mol. The molecule has 0 saturated carbocycles. The van der Waals surface area contributed by atoms with E-state index in [1.54, 1.807) is 0 Å². The van der Waals surface area contributed by atoms with Crippen molar-refractivity contribution in [3.8, 4) is 0 Å². The third-order valence-electron chi connectivity index (χ3n) is 3.56. The Bertz CT molecular complexity index is 634. The summed E-state index contributed by atoms with van der Waals surface area (Å²) in [6.07, 6.45) is 0.479. The molecule has 1 fully saturated rings. The average Bonchev–Trinajstić information content (AvgIpc) is 2.92. The number of nitrogens with one attached hydrogen (secondary N) is 1. The van der Waals surface area contributed by atoms with Crippen molar-refractivity contribution in [1.29, 1.82) is 0 Å². The van der Waals surface area contributed by atoms with E-state index in [0.29, 0.717) is 18.6 Å². The lowest BCUT2D eigenvalue weighted by molar-refractivity contribution is 0.0264. The van der Waals surface area contributed by atoms with Gasteiger partial charge in [-0.1, -0.05) is 0 Å². The first-order valence-electron chi connectivity index (χ1n) is 6.86. The molecule has 122 valence electrons. The molecule has 2 rings (SSSR count). The maximum absolute atomic E-state index is 12.0. The smallest absolute Gasteiger partial charge is 0.251 e. The summed E-state index contributed by atoms with van der Waals surface area (Å²) in [5, 5.41) is 12.7. The summed E-state index contributed by atoms with van der Waals surface area (Å²) in [5.41, 5.74) is -0.690. The van der Waals surface area contributed by atoms with E-state index >= 15 is 0 Å². The Morgan fingerprint density at radius 3 is 2.50 bits per heavy atom. The van der Waals surface area contributed by atoms with E-state index in [-0.39, 0.29) is 24.0 Å². The van der Waals surface area contributed by atoms with Crippen molar-refractivity contribution in [2.24, 2.45) is 0 Å². The summed E-state index contributed by atoms with van der Waals surface area (Å²) in [7, 11) is -0.620. The zero-order chi connectivity index (χ0) is 16.4. The molecule has 1 saturated heterocycles. The van der Waals surface area contributed by atoms with E-state index in [9.17, 15) is 18.3 Å². The quantitative estimate of drug-likeness (QED) is 0.781. The van der Waals surface area contributed by atoms with Crippen LogP contribution in [0.25, 0.3) is 0 Å². The monoisotopic (exact) mass is 328 g/mol. The van der Waals surface area contributed by atoms with Crippen LogP contribution < -0.4 is 5.32 Å². The molecule has 0 aliphatic carbocycles. The van der Waals surface area contributed by atoms with Crippen molar-refractivity contribution in [3.05, 3.63) is 29.8 Å². The van der Waals surface area contributed by atoms with Crippen LogP contribution in [0.2, 0.25) is 0 Å². The van der Waals surface area contributed by atoms with Crippen LogP contribution in [0, 0.1) is 0 Å². The van der Waals surface area contributed by atoms with Crippen molar-refractivity contribution in [2.75, 3.05) is 33.9 Å². The number of hydrogen-bond donors (Lipinski definition) is 2. The first kappa shape index (κ1) is 16.9. The molecular weight excluding hydrogens is 308 g/mol. The summed E-state index contributed by atoms with van der Waals surface area (Å²) in [6.45, 7) is 0.778. The average molecular weight is 328 g/mol. The first-order chi connectivity index (χ1) is 10.2. The van der Waals surface area contributed by atoms with Crippen LogP contribution in [0.4, 0.5) is 0 Å². The summed E-state index contributed by atoms with van der Waals surface area (Å²) in [5.74, 6) is -0.367. The number of nitrogens with zero attached hydrogens (tertiary/aromatic N) is 1. The molecule has 0 radical (unpaired) electrons. The molecule has 0 bridgehead atoms. The van der Waals surface area contributed by atoms with Gasteiger partial charge >= 0.3 is 0 Å². The molecule has 7 nitrogen and oxygen atoms in total. The standard InChI is InChI=1S/C14H20N2O5S/c1-16(2)22(19,20)12-5-3-11(4-6-12)13(17)15-9-14(18)7-8-21-10-14/h3-6,18H,7-10H2,1-2H3,(H,15,17)/t14-/m1/s1.